The summed E-state index contributed by atoms with van der Waals surface area (Å²) in [6.07, 6.45) is 1.95. The predicted octanol–water partition coefficient (Wildman–Crippen LogP) is -2.07. The quantitative estimate of drug-likeness (QED) is 0.495. The van der Waals surface area contributed by atoms with Gasteiger partial charge in [0, 0.05) is 17.7 Å². The van der Waals surface area contributed by atoms with Gasteiger partial charge in [0.2, 0.25) is 0 Å². The van der Waals surface area contributed by atoms with E-state index in [9.17, 15) is 0 Å². The van der Waals surface area contributed by atoms with Crippen LogP contribution in [0.15, 0.2) is 36.5 Å². The van der Waals surface area contributed by atoms with Crippen molar-refractivity contribution in [2.75, 3.05) is 0 Å². The molecule has 1 heterocycles. The first kappa shape index (κ1) is 13.2. The number of nitrogens with one attached hydrogen (secondary N) is 1. The number of hydrogen-bond donors (Lipinski definition) is 1. The molecule has 4 heteroatoms. The van der Waals surface area contributed by atoms with Gasteiger partial charge >= 0.3 is 29.6 Å². The molecule has 2 aromatic rings. The van der Waals surface area contributed by atoms with E-state index in [0.29, 0.717) is 0 Å². The Hall–Kier alpha value is -0.770. The number of aromatic amines is 1. The Morgan fingerprint density at radius 3 is 2.43 bits per heavy atom. The minimum atomic E-state index is -1.08. The minimum absolute atomic E-state index is 0. The molecule has 0 fully saturated rings. The molecule has 1 aromatic carbocycles. The number of aromatic nitrogens is 1. The summed E-state index contributed by atoms with van der Waals surface area (Å²) in [5.74, 6) is -1.08. The van der Waals surface area contributed by atoms with Gasteiger partial charge in [0.25, 0.3) is 0 Å². The van der Waals surface area contributed by atoms with Crippen LogP contribution in [0.3, 0.4) is 0 Å². The van der Waals surface area contributed by atoms with Gasteiger partial charge in [-0.2, -0.15) is 0 Å². The third-order valence-electron chi connectivity index (χ3n) is 1.46. The fraction of sp³-hybridized carbons (Fsp3) is 0.100. The predicted molar refractivity (Wildman–Crippen MR) is 49.0 cm³/mol. The number of para-hydroxylation sites is 1. The summed E-state index contributed by atoms with van der Waals surface area (Å²) < 4.78 is 0. The number of H-pyrrole nitrogens is 1. The molecule has 68 valence electrons. The monoisotopic (exact) mass is 199 g/mol. The van der Waals surface area contributed by atoms with Crippen LogP contribution in [0.4, 0.5) is 0 Å². The van der Waals surface area contributed by atoms with Crippen LogP contribution in [0.25, 0.3) is 10.9 Å². The molecule has 1 aromatic heterocycles. The third kappa shape index (κ3) is 4.46. The Balaban J connectivity index is 0.000000299. The van der Waals surface area contributed by atoms with Crippen LogP contribution in [-0.2, 0) is 4.79 Å². The van der Waals surface area contributed by atoms with Gasteiger partial charge in [0.05, 0.1) is 0 Å². The van der Waals surface area contributed by atoms with Gasteiger partial charge in [-0.05, 0) is 24.4 Å². The van der Waals surface area contributed by atoms with Gasteiger partial charge in [0.1, 0.15) is 0 Å². The fourth-order valence-corrected chi connectivity index (χ4v) is 0.995. The second-order valence-corrected chi connectivity index (χ2v) is 2.56. The van der Waals surface area contributed by atoms with Crippen LogP contribution in [0.5, 0.6) is 0 Å². The molecule has 2 rings (SSSR count). The molecule has 0 aliphatic carbocycles. The van der Waals surface area contributed by atoms with Crippen LogP contribution < -0.4 is 34.7 Å². The molecule has 0 saturated carbocycles. The van der Waals surface area contributed by atoms with Gasteiger partial charge < -0.3 is 14.9 Å². The van der Waals surface area contributed by atoms with Crippen molar-refractivity contribution < 1.29 is 39.5 Å². The van der Waals surface area contributed by atoms with Crippen molar-refractivity contribution in [2.24, 2.45) is 0 Å². The Labute approximate surface area is 104 Å². The maximum absolute atomic E-state index is 8.89. The molecular formula is C10H10NNaO2. The van der Waals surface area contributed by atoms with E-state index in [4.69, 9.17) is 9.90 Å². The third-order valence-corrected chi connectivity index (χ3v) is 1.46. The zero-order valence-corrected chi connectivity index (χ0v) is 10.3. The number of carboxylic acids is 1. The molecule has 0 aliphatic heterocycles. The summed E-state index contributed by atoms with van der Waals surface area (Å²) in [5.41, 5.74) is 1.21. The molecule has 0 radical (unpaired) electrons. The molecule has 0 atom stereocenters. The van der Waals surface area contributed by atoms with Gasteiger partial charge in [0.15, 0.2) is 0 Å². The van der Waals surface area contributed by atoms with E-state index in [1.165, 1.54) is 10.9 Å². The molecule has 0 unspecified atom stereocenters. The first-order chi connectivity index (χ1) is 6.20. The van der Waals surface area contributed by atoms with Crippen LogP contribution in [0.1, 0.15) is 6.92 Å². The molecular weight excluding hydrogens is 189 g/mol. The van der Waals surface area contributed by atoms with Crippen LogP contribution in [0.2, 0.25) is 0 Å². The number of aliphatic carboxylic acids is 1. The number of carboxylic acid groups (broad SMARTS) is 1. The number of carbonyl (C=O) groups is 1. The molecule has 0 bridgehead atoms. The number of fused-ring (bicyclic) bond motifs is 1. The Kier molecular flexibility index (Phi) is 6.28. The summed E-state index contributed by atoms with van der Waals surface area (Å²) in [6.45, 7) is 0.972. The van der Waals surface area contributed by atoms with E-state index in [1.807, 2.05) is 18.3 Å². The zero-order chi connectivity index (χ0) is 9.68. The topological polar surface area (TPSA) is 55.9 Å². The van der Waals surface area contributed by atoms with E-state index in [-0.39, 0.29) is 29.6 Å². The molecule has 0 saturated heterocycles. The van der Waals surface area contributed by atoms with Gasteiger partial charge in [-0.25, -0.2) is 0 Å². The van der Waals surface area contributed by atoms with E-state index in [0.717, 1.165) is 6.92 Å². The number of carbonyl (C=O) groups excluding carboxylic acids is 1. The summed E-state index contributed by atoms with van der Waals surface area (Å²) in [4.78, 5) is 12.0. The number of hydrogen-bond acceptors (Lipinski definition) is 2. The average molecular weight is 199 g/mol. The second-order valence-electron chi connectivity index (χ2n) is 2.56. The van der Waals surface area contributed by atoms with Crippen molar-refractivity contribution in [1.29, 1.82) is 0 Å². The van der Waals surface area contributed by atoms with E-state index in [1.54, 1.807) is 0 Å². The van der Waals surface area contributed by atoms with Crippen LogP contribution >= 0.6 is 0 Å². The first-order valence-electron chi connectivity index (χ1n) is 3.90. The molecule has 0 aliphatic rings. The smallest absolute Gasteiger partial charge is 0.550 e. The average Bonchev–Trinajstić information content (AvgIpc) is 2.49. The van der Waals surface area contributed by atoms with Gasteiger partial charge in [-0.1, -0.05) is 18.2 Å². The van der Waals surface area contributed by atoms with Crippen molar-refractivity contribution >= 4 is 16.9 Å². The van der Waals surface area contributed by atoms with E-state index >= 15 is 0 Å². The number of rotatable bonds is 0. The molecule has 3 nitrogen and oxygen atoms in total. The summed E-state index contributed by atoms with van der Waals surface area (Å²) >= 11 is 0. The van der Waals surface area contributed by atoms with E-state index in [2.05, 4.69) is 23.2 Å². The molecule has 14 heavy (non-hydrogen) atoms. The summed E-state index contributed by atoms with van der Waals surface area (Å²) in [5, 5.41) is 10.2. The largest absolute Gasteiger partial charge is 1.00 e. The molecule has 1 N–H and O–H groups in total. The van der Waals surface area contributed by atoms with Crippen LogP contribution in [0, 0.1) is 0 Å². The SMILES string of the molecule is CC(=O)[O-].[Na+].c1ccc2[nH]ccc2c1. The first-order valence-corrected chi connectivity index (χ1v) is 3.90. The molecule has 0 spiro atoms. The standard InChI is InChI=1S/C8H7N.C2H4O2.Na/c1-2-4-8-7(3-1)5-6-9-8;1-2(3)4;/h1-6,9H;1H3,(H,3,4);/q;;+1/p-1. The Morgan fingerprint density at radius 2 is 1.86 bits per heavy atom. The van der Waals surface area contributed by atoms with Crippen LogP contribution in [-0.4, -0.2) is 11.0 Å². The van der Waals surface area contributed by atoms with Crippen molar-refractivity contribution in [1.82, 2.24) is 4.98 Å². The maximum Gasteiger partial charge on any atom is 1.00 e. The normalized spacial score (nSPS) is 8.36. The van der Waals surface area contributed by atoms with Crippen molar-refractivity contribution in [3.05, 3.63) is 36.5 Å². The summed E-state index contributed by atoms with van der Waals surface area (Å²) in [7, 11) is 0. The minimum Gasteiger partial charge on any atom is -0.550 e. The van der Waals surface area contributed by atoms with Crippen molar-refractivity contribution in [3.63, 3.8) is 0 Å². The summed E-state index contributed by atoms with van der Waals surface area (Å²) in [6, 6.07) is 10.3. The van der Waals surface area contributed by atoms with Crippen molar-refractivity contribution in [2.45, 2.75) is 6.92 Å². The van der Waals surface area contributed by atoms with Crippen molar-refractivity contribution in [3.8, 4) is 0 Å². The fourth-order valence-electron chi connectivity index (χ4n) is 0.995. The second kappa shape index (κ2) is 6.65. The van der Waals surface area contributed by atoms with E-state index < -0.39 is 5.97 Å². The zero-order valence-electron chi connectivity index (χ0n) is 8.28. The Morgan fingerprint density at radius 1 is 1.29 bits per heavy atom. The number of benzene rings is 1. The molecule has 0 amide bonds. The Bertz CT molecular complexity index is 363. The maximum atomic E-state index is 8.89. The van der Waals surface area contributed by atoms with Gasteiger partial charge in [-0.3, -0.25) is 0 Å². The van der Waals surface area contributed by atoms with Gasteiger partial charge in [-0.15, -0.1) is 0 Å².